The first-order valence-electron chi connectivity index (χ1n) is 12.7. The van der Waals surface area contributed by atoms with Crippen LogP contribution in [0.25, 0.3) is 11.0 Å². The molecule has 0 saturated heterocycles. The molecule has 38 heavy (non-hydrogen) atoms. The maximum absolute atomic E-state index is 14.0. The van der Waals surface area contributed by atoms with E-state index in [1.807, 2.05) is 24.3 Å². The van der Waals surface area contributed by atoms with Crippen molar-refractivity contribution in [3.8, 4) is 11.5 Å². The van der Waals surface area contributed by atoms with Crippen LogP contribution in [0.2, 0.25) is 0 Å². The third-order valence-electron chi connectivity index (χ3n) is 6.92. The largest absolute Gasteiger partial charge is 0.497 e. The van der Waals surface area contributed by atoms with E-state index in [0.29, 0.717) is 28.3 Å². The van der Waals surface area contributed by atoms with Gasteiger partial charge in [0, 0.05) is 11.6 Å². The third-order valence-corrected chi connectivity index (χ3v) is 6.92. The van der Waals surface area contributed by atoms with Gasteiger partial charge in [0.2, 0.25) is 11.8 Å². The number of hydrogen-bond donors (Lipinski definition) is 1. The van der Waals surface area contributed by atoms with Gasteiger partial charge in [-0.05, 0) is 55.3 Å². The van der Waals surface area contributed by atoms with Crippen molar-refractivity contribution in [3.05, 3.63) is 72.2 Å². The summed E-state index contributed by atoms with van der Waals surface area (Å²) in [5.74, 6) is 0.954. The predicted molar refractivity (Wildman–Crippen MR) is 139 cm³/mol. The highest BCUT2D eigenvalue weighted by Gasteiger charge is 2.36. The molecule has 1 fully saturated rings. The van der Waals surface area contributed by atoms with Crippen molar-refractivity contribution in [2.75, 3.05) is 14.2 Å². The summed E-state index contributed by atoms with van der Waals surface area (Å²) < 4.78 is 18.3. The standard InChI is InChI=1S/C28H31N5O5/c1-36-20-13-14-25(37-2)22(16-20)27(28(35)29-19-8-3-4-9-19)32(17-21-10-7-15-38-21)26(34)18-33-24-12-6-5-11-23(24)30-31-33/h5-7,10-16,19,27H,3-4,8-9,17-18H2,1-2H3,(H,29,35). The number of benzene rings is 2. The van der Waals surface area contributed by atoms with Crippen LogP contribution in [0.1, 0.15) is 43.0 Å². The molecule has 0 bridgehead atoms. The van der Waals surface area contributed by atoms with Gasteiger partial charge in [-0.15, -0.1) is 5.10 Å². The molecule has 10 heteroatoms. The Morgan fingerprint density at radius 3 is 2.66 bits per heavy atom. The number of para-hydroxylation sites is 1. The summed E-state index contributed by atoms with van der Waals surface area (Å²) in [5.41, 5.74) is 1.93. The normalized spacial score (nSPS) is 14.4. The fourth-order valence-electron chi connectivity index (χ4n) is 5.00. The number of nitrogens with one attached hydrogen (secondary N) is 1. The number of fused-ring (bicyclic) bond motifs is 1. The number of hydrogen-bond acceptors (Lipinski definition) is 7. The van der Waals surface area contributed by atoms with Crippen LogP contribution in [0.3, 0.4) is 0 Å². The van der Waals surface area contributed by atoms with Crippen molar-refractivity contribution in [2.45, 2.75) is 50.9 Å². The molecule has 1 saturated carbocycles. The number of ether oxygens (including phenoxy) is 2. The molecular formula is C28H31N5O5. The Labute approximate surface area is 220 Å². The number of aromatic nitrogens is 3. The lowest BCUT2D eigenvalue weighted by Gasteiger charge is -2.32. The van der Waals surface area contributed by atoms with Gasteiger partial charge in [0.25, 0.3) is 0 Å². The maximum atomic E-state index is 14.0. The molecule has 0 spiro atoms. The summed E-state index contributed by atoms with van der Waals surface area (Å²) in [5, 5.41) is 11.5. The molecule has 2 amide bonds. The van der Waals surface area contributed by atoms with E-state index in [9.17, 15) is 9.59 Å². The lowest BCUT2D eigenvalue weighted by atomic mass is 10.0. The molecule has 1 N–H and O–H groups in total. The smallest absolute Gasteiger partial charge is 0.247 e. The molecule has 4 aromatic rings. The maximum Gasteiger partial charge on any atom is 0.247 e. The topological polar surface area (TPSA) is 112 Å². The highest BCUT2D eigenvalue weighted by Crippen LogP contribution is 2.35. The molecule has 0 aliphatic heterocycles. The van der Waals surface area contributed by atoms with Gasteiger partial charge >= 0.3 is 0 Å². The van der Waals surface area contributed by atoms with Gasteiger partial charge in [-0.3, -0.25) is 9.59 Å². The fourth-order valence-corrected chi connectivity index (χ4v) is 5.00. The van der Waals surface area contributed by atoms with Gasteiger partial charge in [0.15, 0.2) is 0 Å². The van der Waals surface area contributed by atoms with Gasteiger partial charge in [-0.25, -0.2) is 4.68 Å². The van der Waals surface area contributed by atoms with Crippen LogP contribution in [-0.2, 0) is 22.7 Å². The number of methoxy groups -OCH3 is 2. The zero-order valence-electron chi connectivity index (χ0n) is 21.5. The summed E-state index contributed by atoms with van der Waals surface area (Å²) in [7, 11) is 3.10. The number of carbonyl (C=O) groups is 2. The molecule has 1 unspecified atom stereocenters. The second-order valence-electron chi connectivity index (χ2n) is 9.34. The van der Waals surface area contributed by atoms with Crippen LogP contribution in [0.15, 0.2) is 65.3 Å². The van der Waals surface area contributed by atoms with Crippen molar-refractivity contribution in [1.29, 1.82) is 0 Å². The number of amides is 2. The minimum atomic E-state index is -1.01. The highest BCUT2D eigenvalue weighted by atomic mass is 16.5. The first kappa shape index (κ1) is 25.3. The zero-order chi connectivity index (χ0) is 26.5. The average molecular weight is 518 g/mol. The predicted octanol–water partition coefficient (Wildman–Crippen LogP) is 3.87. The molecule has 2 heterocycles. The molecule has 198 valence electrons. The minimum Gasteiger partial charge on any atom is -0.497 e. The molecule has 2 aromatic carbocycles. The Morgan fingerprint density at radius 2 is 1.92 bits per heavy atom. The molecule has 0 radical (unpaired) electrons. The van der Waals surface area contributed by atoms with Crippen molar-refractivity contribution in [2.24, 2.45) is 0 Å². The highest BCUT2D eigenvalue weighted by molar-refractivity contribution is 5.90. The van der Waals surface area contributed by atoms with E-state index in [-0.39, 0.29) is 30.9 Å². The van der Waals surface area contributed by atoms with Gasteiger partial charge in [-0.1, -0.05) is 30.2 Å². The molecule has 2 aromatic heterocycles. The molecule has 1 aliphatic rings. The average Bonchev–Trinajstić information content (AvgIpc) is 3.72. The van der Waals surface area contributed by atoms with Gasteiger partial charge in [-0.2, -0.15) is 0 Å². The lowest BCUT2D eigenvalue weighted by Crippen LogP contribution is -2.46. The lowest BCUT2D eigenvalue weighted by molar-refractivity contribution is -0.142. The van der Waals surface area contributed by atoms with E-state index in [4.69, 9.17) is 13.9 Å². The first-order chi connectivity index (χ1) is 18.6. The molecule has 1 atom stereocenters. The molecule has 10 nitrogen and oxygen atoms in total. The van der Waals surface area contributed by atoms with E-state index in [0.717, 1.165) is 31.2 Å². The summed E-state index contributed by atoms with van der Waals surface area (Å²) in [4.78, 5) is 29.5. The molecule has 5 rings (SSSR count). The molecular weight excluding hydrogens is 486 g/mol. The second kappa shape index (κ2) is 11.4. The summed E-state index contributed by atoms with van der Waals surface area (Å²) >= 11 is 0. The van der Waals surface area contributed by atoms with E-state index < -0.39 is 6.04 Å². The molecule has 1 aliphatic carbocycles. The van der Waals surface area contributed by atoms with E-state index in [2.05, 4.69) is 15.6 Å². The Kier molecular flexibility index (Phi) is 7.57. The number of nitrogens with zero attached hydrogens (tertiary/aromatic N) is 4. The SMILES string of the molecule is COc1ccc(OC)c(C(C(=O)NC2CCCC2)N(Cc2ccco2)C(=O)Cn2nnc3ccccc32)c1. The van der Waals surface area contributed by atoms with E-state index >= 15 is 0 Å². The van der Waals surface area contributed by atoms with Crippen LogP contribution in [0, 0.1) is 0 Å². The number of furan rings is 1. The monoisotopic (exact) mass is 517 g/mol. The van der Waals surface area contributed by atoms with Crippen LogP contribution >= 0.6 is 0 Å². The summed E-state index contributed by atoms with van der Waals surface area (Å²) in [6, 6.07) is 15.2. The van der Waals surface area contributed by atoms with Crippen molar-refractivity contribution < 1.29 is 23.5 Å². The quantitative estimate of drug-likeness (QED) is 0.340. The summed E-state index contributed by atoms with van der Waals surface area (Å²) in [6.45, 7) is -0.0394. The number of carbonyl (C=O) groups excluding carboxylic acids is 2. The Bertz CT molecular complexity index is 1390. The van der Waals surface area contributed by atoms with E-state index in [1.54, 1.807) is 48.4 Å². The minimum absolute atomic E-state index is 0.0569. The van der Waals surface area contributed by atoms with Crippen molar-refractivity contribution in [1.82, 2.24) is 25.2 Å². The Morgan fingerprint density at radius 1 is 1.11 bits per heavy atom. The van der Waals surface area contributed by atoms with Gasteiger partial charge in [0.05, 0.1) is 32.5 Å². The Hall–Kier alpha value is -4.34. The van der Waals surface area contributed by atoms with E-state index in [1.165, 1.54) is 12.0 Å². The number of rotatable bonds is 10. The van der Waals surface area contributed by atoms with Crippen LogP contribution < -0.4 is 14.8 Å². The summed E-state index contributed by atoms with van der Waals surface area (Å²) in [6.07, 6.45) is 5.48. The fraction of sp³-hybridized carbons (Fsp3) is 0.357. The van der Waals surface area contributed by atoms with Crippen LogP contribution in [-0.4, -0.2) is 52.0 Å². The second-order valence-corrected chi connectivity index (χ2v) is 9.34. The zero-order valence-corrected chi connectivity index (χ0v) is 21.5. The Balaban J connectivity index is 1.57. The first-order valence-corrected chi connectivity index (χ1v) is 12.7. The van der Waals surface area contributed by atoms with Crippen LogP contribution in [0.5, 0.6) is 11.5 Å². The van der Waals surface area contributed by atoms with Crippen molar-refractivity contribution in [3.63, 3.8) is 0 Å². The third kappa shape index (κ3) is 5.34. The van der Waals surface area contributed by atoms with Crippen LogP contribution in [0.4, 0.5) is 0 Å². The van der Waals surface area contributed by atoms with Gasteiger partial charge in [0.1, 0.15) is 35.4 Å². The van der Waals surface area contributed by atoms with Gasteiger partial charge < -0.3 is 24.1 Å². The van der Waals surface area contributed by atoms with Crippen molar-refractivity contribution >= 4 is 22.8 Å².